The summed E-state index contributed by atoms with van der Waals surface area (Å²) in [5.41, 5.74) is 4.53. The number of imidazole rings is 1. The molecule has 6 nitrogen and oxygen atoms in total. The van der Waals surface area contributed by atoms with Crippen molar-refractivity contribution in [3.8, 4) is 11.5 Å². The predicted octanol–water partition coefficient (Wildman–Crippen LogP) is 3.03. The standard InChI is InChI=1S/C15H16N4O2/c1-4-9(5-2)13-16-11-7-8(3)6-10(12(11)17-13)14-18-19-15(20)21-14/h4,6-7H,5H2,1-3H3,(H,16,17)(H,19,20)/b9-4+. The summed E-state index contributed by atoms with van der Waals surface area (Å²) in [4.78, 5) is 19.1. The van der Waals surface area contributed by atoms with Crippen LogP contribution in [0.5, 0.6) is 0 Å². The Balaban J connectivity index is 2.27. The summed E-state index contributed by atoms with van der Waals surface area (Å²) in [6, 6.07) is 3.93. The first kappa shape index (κ1) is 13.4. The van der Waals surface area contributed by atoms with Crippen LogP contribution in [0, 0.1) is 6.92 Å². The Morgan fingerprint density at radius 3 is 2.86 bits per heavy atom. The molecule has 0 aliphatic heterocycles. The van der Waals surface area contributed by atoms with Crippen LogP contribution in [0.25, 0.3) is 28.1 Å². The number of benzene rings is 1. The molecule has 0 aliphatic rings. The van der Waals surface area contributed by atoms with E-state index in [0.29, 0.717) is 5.56 Å². The van der Waals surface area contributed by atoms with E-state index >= 15 is 0 Å². The topological polar surface area (TPSA) is 87.6 Å². The highest BCUT2D eigenvalue weighted by Crippen LogP contribution is 2.28. The van der Waals surface area contributed by atoms with Crippen molar-refractivity contribution in [2.24, 2.45) is 0 Å². The summed E-state index contributed by atoms with van der Waals surface area (Å²) in [6.07, 6.45) is 2.93. The Hall–Kier alpha value is -2.63. The number of hydrogen-bond acceptors (Lipinski definition) is 4. The number of aromatic amines is 2. The van der Waals surface area contributed by atoms with Gasteiger partial charge in [-0.05, 0) is 43.5 Å². The molecule has 0 atom stereocenters. The molecule has 0 aliphatic carbocycles. The SMILES string of the molecule is C/C=C(\CC)c1nc2c(-c3n[nH]c(=O)o3)cc(C)cc2[nH]1. The molecule has 0 bridgehead atoms. The van der Waals surface area contributed by atoms with E-state index in [2.05, 4.69) is 27.1 Å². The highest BCUT2D eigenvalue weighted by Gasteiger charge is 2.15. The van der Waals surface area contributed by atoms with E-state index in [1.807, 2.05) is 32.1 Å². The fourth-order valence-corrected chi connectivity index (χ4v) is 2.43. The number of allylic oxidation sites excluding steroid dienone is 2. The molecule has 21 heavy (non-hydrogen) atoms. The fourth-order valence-electron chi connectivity index (χ4n) is 2.43. The second-order valence-electron chi connectivity index (χ2n) is 4.88. The average molecular weight is 284 g/mol. The molecule has 0 amide bonds. The molecule has 3 rings (SSSR count). The van der Waals surface area contributed by atoms with Crippen LogP contribution in [0.15, 0.2) is 27.4 Å². The lowest BCUT2D eigenvalue weighted by Gasteiger charge is -1.98. The van der Waals surface area contributed by atoms with Crippen LogP contribution in [0.3, 0.4) is 0 Å². The third kappa shape index (κ3) is 2.29. The zero-order valence-electron chi connectivity index (χ0n) is 12.2. The number of aromatic nitrogens is 4. The van der Waals surface area contributed by atoms with Crippen molar-refractivity contribution < 1.29 is 4.42 Å². The van der Waals surface area contributed by atoms with Gasteiger partial charge in [0.15, 0.2) is 0 Å². The number of nitrogens with zero attached hydrogens (tertiary/aromatic N) is 2. The molecule has 0 fully saturated rings. The average Bonchev–Trinajstić information content (AvgIpc) is 3.05. The zero-order chi connectivity index (χ0) is 15.0. The van der Waals surface area contributed by atoms with Gasteiger partial charge in [0.05, 0.1) is 11.1 Å². The minimum atomic E-state index is -0.571. The van der Waals surface area contributed by atoms with Gasteiger partial charge in [-0.3, -0.25) is 0 Å². The van der Waals surface area contributed by atoms with Gasteiger partial charge < -0.3 is 9.40 Å². The second kappa shape index (κ2) is 5.05. The monoisotopic (exact) mass is 284 g/mol. The van der Waals surface area contributed by atoms with Gasteiger partial charge in [-0.2, -0.15) is 0 Å². The maximum absolute atomic E-state index is 11.2. The molecular weight excluding hydrogens is 268 g/mol. The van der Waals surface area contributed by atoms with Crippen molar-refractivity contribution in [3.63, 3.8) is 0 Å². The number of H-pyrrole nitrogens is 2. The highest BCUT2D eigenvalue weighted by molar-refractivity contribution is 5.91. The Kier molecular flexibility index (Phi) is 3.21. The summed E-state index contributed by atoms with van der Waals surface area (Å²) >= 11 is 0. The van der Waals surface area contributed by atoms with Crippen LogP contribution in [0.4, 0.5) is 0 Å². The Labute approximate surface area is 120 Å². The quantitative estimate of drug-likeness (QED) is 0.773. The summed E-state index contributed by atoms with van der Waals surface area (Å²) in [7, 11) is 0. The van der Waals surface area contributed by atoms with Crippen LogP contribution in [-0.2, 0) is 0 Å². The van der Waals surface area contributed by atoms with Gasteiger partial charge in [0.25, 0.3) is 5.89 Å². The molecule has 0 saturated carbocycles. The molecule has 2 aromatic heterocycles. The van der Waals surface area contributed by atoms with Gasteiger partial charge >= 0.3 is 5.76 Å². The second-order valence-corrected chi connectivity index (χ2v) is 4.88. The number of fused-ring (bicyclic) bond motifs is 1. The Morgan fingerprint density at radius 2 is 2.24 bits per heavy atom. The first-order valence-electron chi connectivity index (χ1n) is 6.84. The van der Waals surface area contributed by atoms with E-state index in [0.717, 1.165) is 34.4 Å². The van der Waals surface area contributed by atoms with Crippen molar-refractivity contribution in [2.45, 2.75) is 27.2 Å². The molecule has 0 spiro atoms. The van der Waals surface area contributed by atoms with Crippen molar-refractivity contribution in [3.05, 3.63) is 40.1 Å². The van der Waals surface area contributed by atoms with E-state index in [9.17, 15) is 4.79 Å². The van der Waals surface area contributed by atoms with Gasteiger partial charge in [0.2, 0.25) is 0 Å². The summed E-state index contributed by atoms with van der Waals surface area (Å²) < 4.78 is 5.06. The number of nitrogens with one attached hydrogen (secondary N) is 2. The molecule has 1 aromatic carbocycles. The minimum absolute atomic E-state index is 0.255. The molecule has 3 aromatic rings. The zero-order valence-corrected chi connectivity index (χ0v) is 12.2. The van der Waals surface area contributed by atoms with E-state index in [4.69, 9.17) is 4.42 Å². The Morgan fingerprint density at radius 1 is 1.43 bits per heavy atom. The van der Waals surface area contributed by atoms with E-state index in [1.54, 1.807) is 0 Å². The van der Waals surface area contributed by atoms with Crippen LogP contribution >= 0.6 is 0 Å². The lowest BCUT2D eigenvalue weighted by atomic mass is 10.1. The predicted molar refractivity (Wildman–Crippen MR) is 80.9 cm³/mol. The number of hydrogen-bond donors (Lipinski definition) is 2. The smallest absolute Gasteiger partial charge is 0.388 e. The molecule has 2 N–H and O–H groups in total. The van der Waals surface area contributed by atoms with Gasteiger partial charge in [-0.25, -0.2) is 14.9 Å². The molecule has 108 valence electrons. The lowest BCUT2D eigenvalue weighted by molar-refractivity contribution is 0.527. The maximum atomic E-state index is 11.2. The number of rotatable bonds is 3. The first-order valence-corrected chi connectivity index (χ1v) is 6.84. The van der Waals surface area contributed by atoms with Crippen LogP contribution in [0.1, 0.15) is 31.7 Å². The molecule has 6 heteroatoms. The summed E-state index contributed by atoms with van der Waals surface area (Å²) in [5, 5.41) is 6.18. The van der Waals surface area contributed by atoms with Gasteiger partial charge in [0, 0.05) is 0 Å². The van der Waals surface area contributed by atoms with Crippen LogP contribution < -0.4 is 5.76 Å². The Bertz CT molecular complexity index is 883. The molecule has 0 unspecified atom stereocenters. The summed E-state index contributed by atoms with van der Waals surface area (Å²) in [6.45, 7) is 6.05. The summed E-state index contributed by atoms with van der Waals surface area (Å²) in [5.74, 6) is 0.517. The van der Waals surface area contributed by atoms with Crippen LogP contribution in [0.2, 0.25) is 0 Å². The van der Waals surface area contributed by atoms with E-state index < -0.39 is 5.76 Å². The third-order valence-corrected chi connectivity index (χ3v) is 3.43. The van der Waals surface area contributed by atoms with Gasteiger partial charge in [0.1, 0.15) is 11.3 Å². The van der Waals surface area contributed by atoms with Crippen molar-refractivity contribution in [2.75, 3.05) is 0 Å². The highest BCUT2D eigenvalue weighted by atomic mass is 16.4. The van der Waals surface area contributed by atoms with Crippen molar-refractivity contribution in [1.82, 2.24) is 20.2 Å². The largest absolute Gasteiger partial charge is 0.434 e. The normalized spacial score (nSPS) is 12.2. The fraction of sp³-hybridized carbons (Fsp3) is 0.267. The number of aryl methyl sites for hydroxylation is 1. The minimum Gasteiger partial charge on any atom is -0.388 e. The first-order chi connectivity index (χ1) is 10.1. The van der Waals surface area contributed by atoms with Crippen molar-refractivity contribution >= 4 is 16.6 Å². The van der Waals surface area contributed by atoms with E-state index in [-0.39, 0.29) is 5.89 Å². The lowest BCUT2D eigenvalue weighted by Crippen LogP contribution is -1.93. The van der Waals surface area contributed by atoms with Gasteiger partial charge in [-0.15, -0.1) is 5.10 Å². The maximum Gasteiger partial charge on any atom is 0.434 e. The van der Waals surface area contributed by atoms with Crippen LogP contribution in [-0.4, -0.2) is 20.2 Å². The molecule has 0 saturated heterocycles. The molecule has 0 radical (unpaired) electrons. The molecular formula is C15H16N4O2. The van der Waals surface area contributed by atoms with Gasteiger partial charge in [-0.1, -0.05) is 13.0 Å². The third-order valence-electron chi connectivity index (χ3n) is 3.43. The molecule has 2 heterocycles. The van der Waals surface area contributed by atoms with E-state index in [1.165, 1.54) is 0 Å². The van der Waals surface area contributed by atoms with Crippen molar-refractivity contribution in [1.29, 1.82) is 0 Å².